The van der Waals surface area contributed by atoms with Crippen LogP contribution in [0.1, 0.15) is 11.6 Å². The Morgan fingerprint density at radius 3 is 2.58 bits per heavy atom. The van der Waals surface area contributed by atoms with Gasteiger partial charge in [-0.3, -0.25) is 9.59 Å². The number of amides is 2. The van der Waals surface area contributed by atoms with E-state index in [-0.39, 0.29) is 24.0 Å². The monoisotopic (exact) mass is 333 g/mol. The number of carbonyl (C=O) groups is 2. The van der Waals surface area contributed by atoms with Gasteiger partial charge in [0.25, 0.3) is 5.91 Å². The minimum Gasteiger partial charge on any atom is -0.479 e. The fourth-order valence-electron chi connectivity index (χ4n) is 2.36. The van der Waals surface area contributed by atoms with Gasteiger partial charge in [0.05, 0.1) is 11.4 Å². The zero-order valence-corrected chi connectivity index (χ0v) is 12.3. The summed E-state index contributed by atoms with van der Waals surface area (Å²) in [5.74, 6) is -2.69. The highest BCUT2D eigenvalue weighted by Gasteiger charge is 2.25. The van der Waals surface area contributed by atoms with E-state index in [1.165, 1.54) is 12.1 Å². The second kappa shape index (κ2) is 6.25. The number of fused-ring (bicyclic) bond motifs is 1. The van der Waals surface area contributed by atoms with E-state index in [1.54, 1.807) is 12.1 Å². The molecule has 4 N–H and O–H groups in total. The lowest BCUT2D eigenvalue weighted by molar-refractivity contribution is -0.118. The van der Waals surface area contributed by atoms with E-state index in [0.717, 1.165) is 12.1 Å². The summed E-state index contributed by atoms with van der Waals surface area (Å²) < 4.78 is 32.8. The minimum atomic E-state index is -1.54. The van der Waals surface area contributed by atoms with Crippen molar-refractivity contribution in [1.29, 1.82) is 0 Å². The van der Waals surface area contributed by atoms with Gasteiger partial charge in [0.15, 0.2) is 12.4 Å². The van der Waals surface area contributed by atoms with Crippen molar-refractivity contribution in [2.24, 2.45) is 5.73 Å². The highest BCUT2D eigenvalue weighted by molar-refractivity contribution is 6.01. The molecule has 8 heteroatoms. The number of rotatable bonds is 3. The highest BCUT2D eigenvalue weighted by Crippen LogP contribution is 2.35. The number of para-hydroxylation sites is 1. The number of hydrogen-bond acceptors (Lipinski definition) is 4. The van der Waals surface area contributed by atoms with Crippen molar-refractivity contribution in [3.63, 3.8) is 0 Å². The molecule has 1 aliphatic heterocycles. The number of nitrogens with two attached hydrogens (primary N) is 1. The van der Waals surface area contributed by atoms with Crippen LogP contribution in [-0.4, -0.2) is 18.4 Å². The fraction of sp³-hybridized carbons (Fsp3) is 0.125. The number of hydrogen-bond donors (Lipinski definition) is 3. The Morgan fingerprint density at radius 1 is 1.21 bits per heavy atom. The molecule has 2 aromatic carbocycles. The van der Waals surface area contributed by atoms with Crippen LogP contribution in [0.2, 0.25) is 0 Å². The Bertz CT molecular complexity index is 806. The molecule has 0 radical (unpaired) electrons. The van der Waals surface area contributed by atoms with Crippen LogP contribution in [0.5, 0.6) is 5.75 Å². The maximum atomic E-state index is 13.7. The second-order valence-corrected chi connectivity index (χ2v) is 5.12. The molecule has 0 saturated heterocycles. The average molecular weight is 333 g/mol. The second-order valence-electron chi connectivity index (χ2n) is 5.12. The molecule has 2 aromatic rings. The van der Waals surface area contributed by atoms with E-state index < -0.39 is 29.1 Å². The first-order valence-corrected chi connectivity index (χ1v) is 7.03. The summed E-state index contributed by atoms with van der Waals surface area (Å²) >= 11 is 0. The molecular weight excluding hydrogens is 320 g/mol. The topological polar surface area (TPSA) is 93.5 Å². The summed E-state index contributed by atoms with van der Waals surface area (Å²) in [4.78, 5) is 23.6. The molecule has 1 unspecified atom stereocenters. The van der Waals surface area contributed by atoms with Crippen LogP contribution in [0, 0.1) is 11.6 Å². The van der Waals surface area contributed by atoms with Crippen LogP contribution in [-0.2, 0) is 9.59 Å². The van der Waals surface area contributed by atoms with Gasteiger partial charge >= 0.3 is 0 Å². The number of halogens is 2. The van der Waals surface area contributed by atoms with Crippen molar-refractivity contribution in [3.05, 3.63) is 53.6 Å². The molecule has 0 saturated carbocycles. The van der Waals surface area contributed by atoms with Crippen molar-refractivity contribution >= 4 is 23.2 Å². The molecule has 24 heavy (non-hydrogen) atoms. The lowest BCUT2D eigenvalue weighted by Gasteiger charge is -2.21. The number of anilines is 2. The van der Waals surface area contributed by atoms with Crippen LogP contribution in [0.4, 0.5) is 20.2 Å². The smallest absolute Gasteiger partial charge is 0.262 e. The molecule has 124 valence electrons. The lowest BCUT2D eigenvalue weighted by Crippen LogP contribution is -2.31. The fourth-order valence-corrected chi connectivity index (χ4v) is 2.36. The summed E-state index contributed by atoms with van der Waals surface area (Å²) in [6.07, 6.45) is 0. The Labute approximate surface area is 135 Å². The molecule has 0 aliphatic carbocycles. The molecule has 1 aliphatic rings. The van der Waals surface area contributed by atoms with E-state index in [2.05, 4.69) is 10.6 Å². The molecule has 2 amide bonds. The van der Waals surface area contributed by atoms with Gasteiger partial charge in [-0.05, 0) is 24.3 Å². The van der Waals surface area contributed by atoms with E-state index in [9.17, 15) is 18.4 Å². The molecule has 0 spiro atoms. The first-order chi connectivity index (χ1) is 11.5. The maximum absolute atomic E-state index is 13.7. The van der Waals surface area contributed by atoms with Gasteiger partial charge in [0.2, 0.25) is 5.91 Å². The summed E-state index contributed by atoms with van der Waals surface area (Å²) in [7, 11) is 0. The third kappa shape index (κ3) is 2.91. The minimum absolute atomic E-state index is 0.201. The van der Waals surface area contributed by atoms with Crippen LogP contribution in [0.3, 0.4) is 0 Å². The van der Waals surface area contributed by atoms with Gasteiger partial charge in [-0.25, -0.2) is 8.78 Å². The normalized spacial score (nSPS) is 14.2. The highest BCUT2D eigenvalue weighted by atomic mass is 19.1. The van der Waals surface area contributed by atoms with Crippen molar-refractivity contribution in [2.75, 3.05) is 17.2 Å². The summed E-state index contributed by atoms with van der Waals surface area (Å²) in [6, 6.07) is 6.39. The Morgan fingerprint density at radius 2 is 1.88 bits per heavy atom. The third-order valence-corrected chi connectivity index (χ3v) is 3.49. The Hall–Kier alpha value is -3.00. The molecule has 6 nitrogen and oxygen atoms in total. The van der Waals surface area contributed by atoms with Crippen LogP contribution in [0.25, 0.3) is 0 Å². The standard InChI is InChI=1S/C16H13F2N3O3/c17-8-3-1-4-9(18)13(8)14(19)16(23)21-11-6-2-5-10-15(11)24-7-12(22)20-10/h1-6,14H,7,19H2,(H,20,22)(H,21,23). The molecule has 3 rings (SSSR count). The SMILES string of the molecule is NC(C(=O)Nc1cccc2c1OCC(=O)N2)c1c(F)cccc1F. The number of benzene rings is 2. The molecule has 0 bridgehead atoms. The van der Waals surface area contributed by atoms with Crippen LogP contribution < -0.4 is 21.1 Å². The van der Waals surface area contributed by atoms with Gasteiger partial charge in [-0.1, -0.05) is 12.1 Å². The molecule has 1 atom stereocenters. The number of carbonyl (C=O) groups excluding carboxylic acids is 2. The van der Waals surface area contributed by atoms with Crippen molar-refractivity contribution in [1.82, 2.24) is 0 Å². The lowest BCUT2D eigenvalue weighted by atomic mass is 10.1. The van der Waals surface area contributed by atoms with Gasteiger partial charge in [0, 0.05) is 5.56 Å². The Kier molecular flexibility index (Phi) is 4.13. The quantitative estimate of drug-likeness (QED) is 0.800. The maximum Gasteiger partial charge on any atom is 0.262 e. The summed E-state index contributed by atoms with van der Waals surface area (Å²) in [5.41, 5.74) is 5.79. The van der Waals surface area contributed by atoms with E-state index in [4.69, 9.17) is 10.5 Å². The summed E-state index contributed by atoms with van der Waals surface area (Å²) in [5, 5.41) is 5.05. The average Bonchev–Trinajstić information content (AvgIpc) is 2.54. The zero-order chi connectivity index (χ0) is 17.3. The molecule has 0 fully saturated rings. The predicted molar refractivity (Wildman–Crippen MR) is 82.5 cm³/mol. The number of nitrogens with one attached hydrogen (secondary N) is 2. The first kappa shape index (κ1) is 15.9. The molecular formula is C16H13F2N3O3. The van der Waals surface area contributed by atoms with Gasteiger partial charge < -0.3 is 21.1 Å². The first-order valence-electron chi connectivity index (χ1n) is 7.03. The number of ether oxygens (including phenoxy) is 1. The van der Waals surface area contributed by atoms with Crippen molar-refractivity contribution in [2.45, 2.75) is 6.04 Å². The third-order valence-electron chi connectivity index (χ3n) is 3.49. The van der Waals surface area contributed by atoms with E-state index >= 15 is 0 Å². The Balaban J connectivity index is 1.86. The molecule has 1 heterocycles. The van der Waals surface area contributed by atoms with Crippen molar-refractivity contribution < 1.29 is 23.1 Å². The zero-order valence-electron chi connectivity index (χ0n) is 12.3. The summed E-state index contributed by atoms with van der Waals surface area (Å²) in [6.45, 7) is -0.201. The molecule has 0 aromatic heterocycles. The van der Waals surface area contributed by atoms with E-state index in [0.29, 0.717) is 5.69 Å². The van der Waals surface area contributed by atoms with E-state index in [1.807, 2.05) is 0 Å². The van der Waals surface area contributed by atoms with Gasteiger partial charge in [0.1, 0.15) is 17.7 Å². The van der Waals surface area contributed by atoms with Gasteiger partial charge in [-0.2, -0.15) is 0 Å². The van der Waals surface area contributed by atoms with Crippen LogP contribution in [0.15, 0.2) is 36.4 Å². The predicted octanol–water partition coefficient (Wildman–Crippen LogP) is 1.93. The van der Waals surface area contributed by atoms with Crippen LogP contribution >= 0.6 is 0 Å². The van der Waals surface area contributed by atoms with Gasteiger partial charge in [-0.15, -0.1) is 0 Å². The van der Waals surface area contributed by atoms with Crippen molar-refractivity contribution in [3.8, 4) is 5.75 Å². The largest absolute Gasteiger partial charge is 0.479 e.